The van der Waals surface area contributed by atoms with Gasteiger partial charge in [0.2, 0.25) is 0 Å². The number of carbonyl (C=O) groups excluding carboxylic acids is 2. The number of ketones is 1. The van der Waals surface area contributed by atoms with Crippen molar-refractivity contribution in [3.63, 3.8) is 0 Å². The molecule has 1 aliphatic carbocycles. The van der Waals surface area contributed by atoms with Crippen LogP contribution in [-0.4, -0.2) is 73.9 Å². The lowest BCUT2D eigenvalue weighted by Gasteiger charge is -2.45. The fraction of sp³-hybridized carbons (Fsp3) is 0.483. The lowest BCUT2D eigenvalue weighted by Crippen LogP contribution is -2.66. The molecule has 39 heavy (non-hydrogen) atoms. The van der Waals surface area contributed by atoms with E-state index in [1.54, 1.807) is 6.07 Å². The second-order valence-corrected chi connectivity index (χ2v) is 9.75. The molecule has 0 bridgehead atoms. The topological polar surface area (TPSA) is 124 Å². The van der Waals surface area contributed by atoms with E-state index in [4.69, 9.17) is 18.9 Å². The molecule has 0 aliphatic heterocycles. The molecule has 0 spiro atoms. The first-order chi connectivity index (χ1) is 18.6. The molecule has 2 aromatic carbocycles. The maximum atomic E-state index is 13.7. The number of hydrogen-bond donors (Lipinski definition) is 2. The highest BCUT2D eigenvalue weighted by Crippen LogP contribution is 2.40. The maximum absolute atomic E-state index is 13.7. The highest BCUT2D eigenvalue weighted by Gasteiger charge is 2.52. The molecule has 2 amide bonds. The lowest BCUT2D eigenvalue weighted by molar-refractivity contribution is -0.155. The highest BCUT2D eigenvalue weighted by molar-refractivity contribution is 6.00. The zero-order valence-corrected chi connectivity index (χ0v) is 23.4. The number of carbonyl (C=O) groups is 3. The van der Waals surface area contributed by atoms with Crippen LogP contribution < -0.4 is 14.8 Å². The molecule has 0 saturated heterocycles. The van der Waals surface area contributed by atoms with E-state index in [-0.39, 0.29) is 37.9 Å². The Kier molecular flexibility index (Phi) is 9.93. The van der Waals surface area contributed by atoms with Crippen LogP contribution in [0.2, 0.25) is 0 Å². The van der Waals surface area contributed by atoms with Crippen molar-refractivity contribution in [2.24, 2.45) is 0 Å². The minimum Gasteiger partial charge on any atom is -0.496 e. The lowest BCUT2D eigenvalue weighted by atomic mass is 9.74. The van der Waals surface area contributed by atoms with Crippen LogP contribution in [0.3, 0.4) is 0 Å². The van der Waals surface area contributed by atoms with Gasteiger partial charge in [-0.05, 0) is 43.5 Å². The molecule has 10 heteroatoms. The van der Waals surface area contributed by atoms with Crippen LogP contribution in [0.1, 0.15) is 59.8 Å². The van der Waals surface area contributed by atoms with Gasteiger partial charge in [0, 0.05) is 26.5 Å². The number of amides is 2. The second-order valence-electron chi connectivity index (χ2n) is 9.75. The standard InChI is InChI=1S/C29H38N2O8/c1-18-23(14-24(37-5)25(20(3)32)26(18)38-6)19(2)31(12-13-39-17-21-10-8-7-9-11-21)28(35)30-29(27(33)34)15-22(16-29)36-4/h7-11,14,19,22H,12-13,15-17H2,1-6H3,(H,30,35)(H,33,34). The molecule has 1 saturated carbocycles. The van der Waals surface area contributed by atoms with Gasteiger partial charge in [0.05, 0.1) is 39.6 Å². The Morgan fingerprint density at radius 3 is 2.33 bits per heavy atom. The number of benzene rings is 2. The van der Waals surface area contributed by atoms with Crippen LogP contribution in [0, 0.1) is 6.92 Å². The van der Waals surface area contributed by atoms with Crippen LogP contribution in [0.15, 0.2) is 36.4 Å². The molecule has 10 nitrogen and oxygen atoms in total. The van der Waals surface area contributed by atoms with Crippen molar-refractivity contribution in [1.82, 2.24) is 10.2 Å². The minimum absolute atomic E-state index is 0.172. The molecule has 212 valence electrons. The van der Waals surface area contributed by atoms with E-state index in [2.05, 4.69) is 5.32 Å². The summed E-state index contributed by atoms with van der Waals surface area (Å²) in [7, 11) is 4.46. The van der Waals surface area contributed by atoms with E-state index in [0.717, 1.165) is 5.56 Å². The van der Waals surface area contributed by atoms with Crippen LogP contribution >= 0.6 is 0 Å². The minimum atomic E-state index is -1.41. The number of ether oxygens (including phenoxy) is 4. The van der Waals surface area contributed by atoms with Gasteiger partial charge in [0.15, 0.2) is 5.78 Å². The molecule has 3 rings (SSSR count). The number of rotatable bonds is 13. The van der Waals surface area contributed by atoms with Gasteiger partial charge in [-0.1, -0.05) is 30.3 Å². The molecule has 1 fully saturated rings. The number of carboxylic acid groups (broad SMARTS) is 1. The van der Waals surface area contributed by atoms with Gasteiger partial charge in [-0.2, -0.15) is 0 Å². The number of hydrogen-bond acceptors (Lipinski definition) is 7. The predicted molar refractivity (Wildman–Crippen MR) is 144 cm³/mol. The van der Waals surface area contributed by atoms with Crippen molar-refractivity contribution in [3.8, 4) is 11.5 Å². The van der Waals surface area contributed by atoms with E-state index in [9.17, 15) is 19.5 Å². The fourth-order valence-electron chi connectivity index (χ4n) is 4.99. The van der Waals surface area contributed by atoms with Crippen LogP contribution in [-0.2, 0) is 20.9 Å². The quantitative estimate of drug-likeness (QED) is 0.286. The third-order valence-corrected chi connectivity index (χ3v) is 7.32. The zero-order valence-electron chi connectivity index (χ0n) is 23.4. The third kappa shape index (κ3) is 6.51. The maximum Gasteiger partial charge on any atom is 0.329 e. The zero-order chi connectivity index (χ0) is 28.7. The van der Waals surface area contributed by atoms with Crippen molar-refractivity contribution in [2.75, 3.05) is 34.5 Å². The first-order valence-corrected chi connectivity index (χ1v) is 12.8. The Bertz CT molecular complexity index is 1180. The fourth-order valence-corrected chi connectivity index (χ4v) is 4.99. The third-order valence-electron chi connectivity index (χ3n) is 7.32. The molecular formula is C29H38N2O8. The number of urea groups is 1. The average molecular weight is 543 g/mol. The van der Waals surface area contributed by atoms with Gasteiger partial charge in [-0.15, -0.1) is 0 Å². The number of nitrogens with zero attached hydrogens (tertiary/aromatic N) is 1. The molecular weight excluding hydrogens is 504 g/mol. The summed E-state index contributed by atoms with van der Waals surface area (Å²) >= 11 is 0. The van der Waals surface area contributed by atoms with E-state index < -0.39 is 23.6 Å². The Morgan fingerprint density at radius 2 is 1.79 bits per heavy atom. The Balaban J connectivity index is 1.91. The van der Waals surface area contributed by atoms with Crippen molar-refractivity contribution >= 4 is 17.8 Å². The van der Waals surface area contributed by atoms with Gasteiger partial charge in [0.25, 0.3) is 0 Å². The molecule has 2 N–H and O–H groups in total. The van der Waals surface area contributed by atoms with Crippen molar-refractivity contribution in [1.29, 1.82) is 0 Å². The van der Waals surface area contributed by atoms with Gasteiger partial charge in [-0.25, -0.2) is 9.59 Å². The summed E-state index contributed by atoms with van der Waals surface area (Å²) in [6.45, 7) is 5.84. The molecule has 0 radical (unpaired) electrons. The van der Waals surface area contributed by atoms with Crippen molar-refractivity contribution in [3.05, 3.63) is 58.7 Å². The van der Waals surface area contributed by atoms with E-state index in [0.29, 0.717) is 34.8 Å². The normalized spacial score (nSPS) is 19.0. The SMILES string of the molecule is COc1cc(C(C)N(CCOCc2ccccc2)C(=O)NC2(C(=O)O)CC(OC)C2)c(C)c(OC)c1C(C)=O. The molecule has 1 unspecified atom stereocenters. The van der Waals surface area contributed by atoms with Crippen molar-refractivity contribution < 1.29 is 38.4 Å². The van der Waals surface area contributed by atoms with E-state index >= 15 is 0 Å². The summed E-state index contributed by atoms with van der Waals surface area (Å²) in [6, 6.07) is 10.3. The number of nitrogens with one attached hydrogen (secondary N) is 1. The highest BCUT2D eigenvalue weighted by atomic mass is 16.5. The summed E-state index contributed by atoms with van der Waals surface area (Å²) in [5.41, 5.74) is 1.27. The van der Waals surface area contributed by atoms with Crippen LogP contribution in [0.5, 0.6) is 11.5 Å². The van der Waals surface area contributed by atoms with E-state index in [1.807, 2.05) is 44.2 Å². The number of aliphatic carboxylic acids is 1. The molecule has 0 heterocycles. The second kappa shape index (κ2) is 12.9. The molecule has 0 aromatic heterocycles. The van der Waals surface area contributed by atoms with Crippen molar-refractivity contribution in [2.45, 2.75) is 57.9 Å². The van der Waals surface area contributed by atoms with Gasteiger partial charge >= 0.3 is 12.0 Å². The number of methoxy groups -OCH3 is 3. The summed E-state index contributed by atoms with van der Waals surface area (Å²) in [5, 5.41) is 12.7. The smallest absolute Gasteiger partial charge is 0.329 e. The first kappa shape index (κ1) is 29.9. The largest absolute Gasteiger partial charge is 0.496 e. The Morgan fingerprint density at radius 1 is 1.13 bits per heavy atom. The van der Waals surface area contributed by atoms with Gasteiger partial charge in [-0.3, -0.25) is 4.79 Å². The molecule has 2 aromatic rings. The number of Topliss-reactive ketones (excluding diaryl/α,β-unsaturated/α-hetero) is 1. The molecule has 1 aliphatic rings. The van der Waals surface area contributed by atoms with E-state index in [1.165, 1.54) is 33.2 Å². The predicted octanol–water partition coefficient (Wildman–Crippen LogP) is 4.14. The summed E-state index contributed by atoms with van der Waals surface area (Å²) in [6.07, 6.45) is 0.104. The van der Waals surface area contributed by atoms with Gasteiger partial charge in [0.1, 0.15) is 22.6 Å². The average Bonchev–Trinajstić information content (AvgIpc) is 2.89. The summed E-state index contributed by atoms with van der Waals surface area (Å²) in [4.78, 5) is 39.7. The monoisotopic (exact) mass is 542 g/mol. The molecule has 1 atom stereocenters. The van der Waals surface area contributed by atoms with Crippen LogP contribution in [0.4, 0.5) is 4.79 Å². The summed E-state index contributed by atoms with van der Waals surface area (Å²) < 4.78 is 22.2. The van der Waals surface area contributed by atoms with Gasteiger partial charge < -0.3 is 34.3 Å². The van der Waals surface area contributed by atoms with Crippen LogP contribution in [0.25, 0.3) is 0 Å². The Hall–Kier alpha value is -3.63. The number of carboxylic acids is 1. The summed E-state index contributed by atoms with van der Waals surface area (Å²) in [5.74, 6) is -0.622. The first-order valence-electron chi connectivity index (χ1n) is 12.8. The Labute approximate surface area is 229 Å².